The molecule has 0 aromatic heterocycles. The number of hydrogen-bond acceptors (Lipinski definition) is 0. The zero-order valence-corrected chi connectivity index (χ0v) is 12.0. The van der Waals surface area contributed by atoms with Crippen molar-refractivity contribution in [3.05, 3.63) is 63.6 Å². The summed E-state index contributed by atoms with van der Waals surface area (Å²) in [6, 6.07) is 8.88. The third-order valence-corrected chi connectivity index (χ3v) is 10.6. The van der Waals surface area contributed by atoms with Gasteiger partial charge in [-0.05, 0) is 0 Å². The molecular weight excluding hydrogens is 240 g/mol. The van der Waals surface area contributed by atoms with Crippen LogP contribution in [0.25, 0.3) is 6.08 Å². The van der Waals surface area contributed by atoms with E-state index in [2.05, 4.69) is 65.1 Å². The van der Waals surface area contributed by atoms with Crippen LogP contribution in [-0.2, 0) is 16.6 Å². The molecule has 17 heavy (non-hydrogen) atoms. The molecule has 0 heterocycles. The molecule has 0 saturated heterocycles. The summed E-state index contributed by atoms with van der Waals surface area (Å²) in [6.07, 6.45) is 12.9. The Kier molecular flexibility index (Phi) is 2.73. The van der Waals surface area contributed by atoms with E-state index in [1.54, 1.807) is 9.44 Å². The first kappa shape index (κ1) is 11.3. The second-order valence-electron chi connectivity index (χ2n) is 5.51. The van der Waals surface area contributed by atoms with Gasteiger partial charge in [-0.1, -0.05) is 0 Å². The van der Waals surface area contributed by atoms with Crippen LogP contribution in [0.5, 0.6) is 0 Å². The van der Waals surface area contributed by atoms with Crippen molar-refractivity contribution in [2.45, 2.75) is 21.1 Å². The average Bonchev–Trinajstić information content (AvgIpc) is 2.99. The topological polar surface area (TPSA) is 0 Å². The molecule has 0 saturated carbocycles. The van der Waals surface area contributed by atoms with Crippen LogP contribution >= 0.6 is 0 Å². The van der Waals surface area contributed by atoms with Crippen LogP contribution < -0.4 is 0 Å². The minimum atomic E-state index is -1.93. The Morgan fingerprint density at radius 3 is 2.76 bits per heavy atom. The summed E-state index contributed by atoms with van der Waals surface area (Å²) in [7, 11) is 0. The first-order valence-electron chi connectivity index (χ1n) is 6.33. The van der Waals surface area contributed by atoms with Gasteiger partial charge in [0.15, 0.2) is 0 Å². The number of allylic oxidation sites excluding steroid dienone is 5. The molecule has 86 valence electrons. The van der Waals surface area contributed by atoms with E-state index in [1.807, 2.05) is 0 Å². The molecule has 0 fully saturated rings. The van der Waals surface area contributed by atoms with Gasteiger partial charge in [0, 0.05) is 0 Å². The SMILES string of the molecule is [CH3][Ti]([CH3])([C]1=CC=CC1)[CH]1C=Cc2ccccc21. The van der Waals surface area contributed by atoms with Crippen LogP contribution in [0.3, 0.4) is 0 Å². The van der Waals surface area contributed by atoms with Gasteiger partial charge in [-0.3, -0.25) is 0 Å². The Balaban J connectivity index is 1.99. The molecule has 0 amide bonds. The Morgan fingerprint density at radius 2 is 2.00 bits per heavy atom. The number of hydrogen-bond donors (Lipinski definition) is 0. The van der Waals surface area contributed by atoms with Crippen molar-refractivity contribution < 1.29 is 16.6 Å². The van der Waals surface area contributed by atoms with Crippen molar-refractivity contribution >= 4 is 6.08 Å². The van der Waals surface area contributed by atoms with Crippen LogP contribution in [0.2, 0.25) is 10.5 Å². The summed E-state index contributed by atoms with van der Waals surface area (Å²) in [5, 5.41) is 5.10. The van der Waals surface area contributed by atoms with E-state index < -0.39 is 16.6 Å². The molecule has 2 aliphatic rings. The first-order chi connectivity index (χ1) is 8.19. The third kappa shape index (κ3) is 1.80. The van der Waals surface area contributed by atoms with Crippen molar-refractivity contribution in [1.29, 1.82) is 0 Å². The molecule has 3 rings (SSSR count). The van der Waals surface area contributed by atoms with Crippen LogP contribution in [-0.4, -0.2) is 0 Å². The van der Waals surface area contributed by atoms with E-state index in [9.17, 15) is 0 Å². The number of rotatable bonds is 2. The van der Waals surface area contributed by atoms with Crippen molar-refractivity contribution in [1.82, 2.24) is 0 Å². The molecule has 1 unspecified atom stereocenters. The minimum absolute atomic E-state index is 0.706. The van der Waals surface area contributed by atoms with Crippen LogP contribution in [0, 0.1) is 0 Å². The van der Waals surface area contributed by atoms with Gasteiger partial charge in [0.25, 0.3) is 0 Å². The van der Waals surface area contributed by atoms with Gasteiger partial charge in [-0.25, -0.2) is 0 Å². The zero-order valence-electron chi connectivity index (χ0n) is 10.5. The van der Waals surface area contributed by atoms with Crippen molar-refractivity contribution in [3.8, 4) is 0 Å². The summed E-state index contributed by atoms with van der Waals surface area (Å²) in [4.78, 5) is 0. The van der Waals surface area contributed by atoms with Gasteiger partial charge in [0.1, 0.15) is 0 Å². The fraction of sp³-hybridized carbons (Fsp3) is 0.250. The zero-order chi connectivity index (χ0) is 11.9. The third-order valence-electron chi connectivity index (χ3n) is 4.18. The Labute approximate surface area is 107 Å². The second-order valence-corrected chi connectivity index (χ2v) is 12.9. The summed E-state index contributed by atoms with van der Waals surface area (Å²) >= 11 is -1.93. The van der Waals surface area contributed by atoms with Crippen molar-refractivity contribution in [3.63, 3.8) is 0 Å². The molecule has 0 radical (unpaired) electrons. The van der Waals surface area contributed by atoms with Crippen LogP contribution in [0.15, 0.2) is 52.4 Å². The van der Waals surface area contributed by atoms with Crippen LogP contribution in [0.1, 0.15) is 21.8 Å². The average molecular weight is 258 g/mol. The molecule has 2 aliphatic carbocycles. The first-order valence-corrected chi connectivity index (χ1v) is 11.1. The van der Waals surface area contributed by atoms with Gasteiger partial charge in [0.2, 0.25) is 0 Å². The maximum absolute atomic E-state index is 2.55. The molecular formula is C16H18Ti. The summed E-state index contributed by atoms with van der Waals surface area (Å²) < 4.78 is 2.44. The Bertz CT molecular complexity index is 532. The van der Waals surface area contributed by atoms with Gasteiger partial charge >= 0.3 is 107 Å². The summed E-state index contributed by atoms with van der Waals surface area (Å²) in [5.41, 5.74) is 2.99. The van der Waals surface area contributed by atoms with E-state index in [4.69, 9.17) is 0 Å². The normalized spacial score (nSPS) is 21.8. The van der Waals surface area contributed by atoms with E-state index in [-0.39, 0.29) is 0 Å². The fourth-order valence-corrected chi connectivity index (χ4v) is 7.98. The second kappa shape index (κ2) is 4.12. The van der Waals surface area contributed by atoms with Crippen molar-refractivity contribution in [2.24, 2.45) is 0 Å². The number of fused-ring (bicyclic) bond motifs is 1. The summed E-state index contributed by atoms with van der Waals surface area (Å²) in [6.45, 7) is 0. The molecule has 0 aliphatic heterocycles. The van der Waals surface area contributed by atoms with Crippen molar-refractivity contribution in [2.75, 3.05) is 0 Å². The quantitative estimate of drug-likeness (QED) is 0.665. The van der Waals surface area contributed by atoms with E-state index in [0.717, 1.165) is 0 Å². The van der Waals surface area contributed by atoms with E-state index in [1.165, 1.54) is 12.0 Å². The molecule has 1 heteroatoms. The molecule has 0 spiro atoms. The molecule has 1 aromatic carbocycles. The standard InChI is InChI=1S/C9H7.C5H5.2CH3.Ti/c1-2-5-9-7-3-6-8(9)4-1;1-2-4-5-3-1;;;/h1-7H;1-3H,4H2;2*1H3;. The molecule has 0 nitrogen and oxygen atoms in total. The maximum atomic E-state index is 2.55. The molecule has 0 bridgehead atoms. The predicted octanol–water partition coefficient (Wildman–Crippen LogP) is 4.85. The Hall–Kier alpha value is -0.846. The predicted molar refractivity (Wildman–Crippen MR) is 71.8 cm³/mol. The number of benzene rings is 1. The van der Waals surface area contributed by atoms with E-state index >= 15 is 0 Å². The van der Waals surface area contributed by atoms with Gasteiger partial charge in [0.05, 0.1) is 0 Å². The van der Waals surface area contributed by atoms with E-state index in [0.29, 0.717) is 4.22 Å². The molecule has 1 aromatic rings. The molecule has 1 atom stereocenters. The monoisotopic (exact) mass is 258 g/mol. The van der Waals surface area contributed by atoms with Crippen LogP contribution in [0.4, 0.5) is 0 Å². The Morgan fingerprint density at radius 1 is 1.18 bits per heavy atom. The molecule has 0 N–H and O–H groups in total. The summed E-state index contributed by atoms with van der Waals surface area (Å²) in [5.74, 6) is 0. The van der Waals surface area contributed by atoms with Gasteiger partial charge < -0.3 is 0 Å². The fourth-order valence-electron chi connectivity index (χ4n) is 3.00. The van der Waals surface area contributed by atoms with Gasteiger partial charge in [-0.15, -0.1) is 0 Å². The van der Waals surface area contributed by atoms with Gasteiger partial charge in [-0.2, -0.15) is 0 Å².